The summed E-state index contributed by atoms with van der Waals surface area (Å²) in [5.41, 5.74) is 2.65. The second-order valence-corrected chi connectivity index (χ2v) is 5.94. The van der Waals surface area contributed by atoms with Crippen LogP contribution in [0.3, 0.4) is 0 Å². The third-order valence-electron chi connectivity index (χ3n) is 3.97. The van der Waals surface area contributed by atoms with E-state index in [1.807, 2.05) is 68.4 Å². The van der Waals surface area contributed by atoms with Gasteiger partial charge in [-0.05, 0) is 31.5 Å². The Bertz CT molecular complexity index is 898. The molecular weight excluding hydrogens is 330 g/mol. The van der Waals surface area contributed by atoms with Gasteiger partial charge >= 0.3 is 5.69 Å². The van der Waals surface area contributed by atoms with E-state index >= 15 is 0 Å². The summed E-state index contributed by atoms with van der Waals surface area (Å²) < 4.78 is 0. The summed E-state index contributed by atoms with van der Waals surface area (Å²) in [4.78, 5) is 19.3. The highest BCUT2D eigenvalue weighted by atomic mass is 16.6. The van der Waals surface area contributed by atoms with Crippen LogP contribution in [0, 0.1) is 17.0 Å². The lowest BCUT2D eigenvalue weighted by Gasteiger charge is -2.16. The van der Waals surface area contributed by atoms with Gasteiger partial charge in [-0.3, -0.25) is 10.1 Å². The molecule has 1 heterocycles. The Kier molecular flexibility index (Phi) is 5.07. The number of hydrogen-bond donors (Lipinski definition) is 2. The molecule has 0 aliphatic carbocycles. The van der Waals surface area contributed by atoms with Gasteiger partial charge < -0.3 is 10.6 Å². The predicted molar refractivity (Wildman–Crippen MR) is 102 cm³/mol. The van der Waals surface area contributed by atoms with Crippen LogP contribution in [0.5, 0.6) is 0 Å². The van der Waals surface area contributed by atoms with Gasteiger partial charge in [0.1, 0.15) is 6.33 Å². The molecule has 0 aliphatic rings. The maximum absolute atomic E-state index is 11.7. The first-order chi connectivity index (χ1) is 12.5. The molecule has 7 nitrogen and oxygen atoms in total. The molecule has 2 N–H and O–H groups in total. The molecule has 3 rings (SSSR count). The number of nitro groups is 1. The van der Waals surface area contributed by atoms with Gasteiger partial charge in [0.25, 0.3) is 0 Å². The summed E-state index contributed by atoms with van der Waals surface area (Å²) >= 11 is 0. The van der Waals surface area contributed by atoms with E-state index in [9.17, 15) is 10.1 Å². The van der Waals surface area contributed by atoms with Crippen molar-refractivity contribution in [2.45, 2.75) is 19.9 Å². The average Bonchev–Trinajstić information content (AvgIpc) is 2.64. The van der Waals surface area contributed by atoms with Crippen LogP contribution in [-0.2, 0) is 0 Å². The number of nitrogens with one attached hydrogen (secondary N) is 2. The van der Waals surface area contributed by atoms with Crippen LogP contribution in [0.4, 0.5) is 23.0 Å². The Hall–Kier alpha value is -3.48. The van der Waals surface area contributed by atoms with Crippen molar-refractivity contribution in [2.24, 2.45) is 0 Å². The largest absolute Gasteiger partial charge is 0.358 e. The van der Waals surface area contributed by atoms with E-state index in [0.29, 0.717) is 0 Å². The van der Waals surface area contributed by atoms with Gasteiger partial charge in [-0.1, -0.05) is 48.0 Å². The number of aryl methyl sites for hydroxylation is 1. The molecule has 1 unspecified atom stereocenters. The van der Waals surface area contributed by atoms with Crippen molar-refractivity contribution in [1.29, 1.82) is 0 Å². The number of benzene rings is 2. The van der Waals surface area contributed by atoms with E-state index in [4.69, 9.17) is 0 Å². The van der Waals surface area contributed by atoms with Crippen LogP contribution < -0.4 is 10.6 Å². The highest BCUT2D eigenvalue weighted by Crippen LogP contribution is 2.33. The van der Waals surface area contributed by atoms with Gasteiger partial charge in [0.2, 0.25) is 11.6 Å². The first kappa shape index (κ1) is 17.3. The number of aromatic nitrogens is 2. The Morgan fingerprint density at radius 1 is 1.00 bits per heavy atom. The zero-order valence-corrected chi connectivity index (χ0v) is 14.5. The molecule has 0 aliphatic heterocycles. The lowest BCUT2D eigenvalue weighted by atomic mass is 10.1. The third-order valence-corrected chi connectivity index (χ3v) is 3.97. The minimum absolute atomic E-state index is 0.142. The van der Waals surface area contributed by atoms with Gasteiger partial charge in [0.05, 0.1) is 11.0 Å². The van der Waals surface area contributed by atoms with Crippen molar-refractivity contribution in [3.63, 3.8) is 0 Å². The zero-order chi connectivity index (χ0) is 18.5. The summed E-state index contributed by atoms with van der Waals surface area (Å²) in [5.74, 6) is 0.326. The third kappa shape index (κ3) is 3.94. The normalized spacial score (nSPS) is 11.6. The van der Waals surface area contributed by atoms with E-state index in [-0.39, 0.29) is 23.4 Å². The van der Waals surface area contributed by atoms with Gasteiger partial charge in [0.15, 0.2) is 0 Å². The van der Waals surface area contributed by atoms with Crippen LogP contribution in [-0.4, -0.2) is 14.9 Å². The van der Waals surface area contributed by atoms with Gasteiger partial charge in [-0.15, -0.1) is 0 Å². The first-order valence-electron chi connectivity index (χ1n) is 8.19. The Morgan fingerprint density at radius 3 is 2.31 bits per heavy atom. The SMILES string of the molecule is Cc1ccc(Nc2ncnc(NC(C)c3ccccc3)c2[N+](=O)[O-])cc1. The second-order valence-electron chi connectivity index (χ2n) is 5.94. The minimum atomic E-state index is -0.476. The summed E-state index contributed by atoms with van der Waals surface area (Å²) in [6.07, 6.45) is 1.31. The van der Waals surface area contributed by atoms with E-state index in [1.54, 1.807) is 0 Å². The summed E-state index contributed by atoms with van der Waals surface area (Å²) in [7, 11) is 0. The molecule has 2 aromatic carbocycles. The van der Waals surface area contributed by atoms with Crippen LogP contribution in [0.2, 0.25) is 0 Å². The quantitative estimate of drug-likeness (QED) is 0.498. The molecule has 1 aromatic heterocycles. The van der Waals surface area contributed by atoms with Crippen LogP contribution in [0.25, 0.3) is 0 Å². The summed E-state index contributed by atoms with van der Waals surface area (Å²) in [6.45, 7) is 3.90. The molecule has 0 radical (unpaired) electrons. The Morgan fingerprint density at radius 2 is 1.65 bits per heavy atom. The number of rotatable bonds is 6. The monoisotopic (exact) mass is 349 g/mol. The molecule has 1 atom stereocenters. The second kappa shape index (κ2) is 7.60. The molecule has 26 heavy (non-hydrogen) atoms. The van der Waals surface area contributed by atoms with Crippen molar-refractivity contribution in [3.05, 3.63) is 82.2 Å². The van der Waals surface area contributed by atoms with E-state index < -0.39 is 4.92 Å². The first-order valence-corrected chi connectivity index (χ1v) is 8.19. The van der Waals surface area contributed by atoms with E-state index in [2.05, 4.69) is 20.6 Å². The van der Waals surface area contributed by atoms with Gasteiger partial charge in [0, 0.05) is 5.69 Å². The van der Waals surface area contributed by atoms with Gasteiger partial charge in [-0.25, -0.2) is 9.97 Å². The number of hydrogen-bond acceptors (Lipinski definition) is 6. The maximum Gasteiger partial charge on any atom is 0.353 e. The van der Waals surface area contributed by atoms with E-state index in [0.717, 1.165) is 16.8 Å². The lowest BCUT2D eigenvalue weighted by molar-refractivity contribution is -0.383. The van der Waals surface area contributed by atoms with Crippen LogP contribution in [0.1, 0.15) is 24.1 Å². The van der Waals surface area contributed by atoms with Crippen molar-refractivity contribution >= 4 is 23.0 Å². The minimum Gasteiger partial charge on any atom is -0.358 e. The molecule has 0 bridgehead atoms. The fourth-order valence-corrected chi connectivity index (χ4v) is 2.55. The highest BCUT2D eigenvalue weighted by Gasteiger charge is 2.24. The fraction of sp³-hybridized carbons (Fsp3) is 0.158. The Balaban J connectivity index is 1.91. The molecule has 0 spiro atoms. The Labute approximate surface area is 151 Å². The van der Waals surface area contributed by atoms with Gasteiger partial charge in [-0.2, -0.15) is 0 Å². The molecule has 0 fully saturated rings. The summed E-state index contributed by atoms with van der Waals surface area (Å²) in [5, 5.41) is 17.8. The summed E-state index contributed by atoms with van der Waals surface area (Å²) in [6, 6.07) is 17.1. The van der Waals surface area contributed by atoms with Crippen LogP contribution >= 0.6 is 0 Å². The average molecular weight is 349 g/mol. The molecule has 3 aromatic rings. The highest BCUT2D eigenvalue weighted by molar-refractivity contribution is 5.74. The standard InChI is InChI=1S/C19H19N5O2/c1-13-8-10-16(11-9-13)23-19-17(24(25)26)18(20-12-21-19)22-14(2)15-6-4-3-5-7-15/h3-12,14H,1-2H3,(H2,20,21,22,23). The van der Waals surface area contributed by atoms with Crippen molar-refractivity contribution < 1.29 is 4.92 Å². The molecule has 132 valence electrons. The maximum atomic E-state index is 11.7. The van der Waals surface area contributed by atoms with Crippen molar-refractivity contribution in [1.82, 2.24) is 9.97 Å². The van der Waals surface area contributed by atoms with Crippen molar-refractivity contribution in [2.75, 3.05) is 10.6 Å². The molecule has 0 saturated heterocycles. The fourth-order valence-electron chi connectivity index (χ4n) is 2.55. The number of nitrogens with zero attached hydrogens (tertiary/aromatic N) is 3. The molecule has 0 saturated carbocycles. The molecule has 0 amide bonds. The number of anilines is 3. The topological polar surface area (TPSA) is 93.0 Å². The molecular formula is C19H19N5O2. The van der Waals surface area contributed by atoms with E-state index in [1.165, 1.54) is 6.33 Å². The zero-order valence-electron chi connectivity index (χ0n) is 14.5. The van der Waals surface area contributed by atoms with Crippen LogP contribution in [0.15, 0.2) is 60.9 Å². The predicted octanol–water partition coefficient (Wildman–Crippen LogP) is 4.61. The molecule has 7 heteroatoms. The van der Waals surface area contributed by atoms with Crippen molar-refractivity contribution in [3.8, 4) is 0 Å². The lowest BCUT2D eigenvalue weighted by Crippen LogP contribution is -2.11. The smallest absolute Gasteiger partial charge is 0.353 e.